The first-order valence-corrected chi connectivity index (χ1v) is 6.71. The topological polar surface area (TPSA) is 23.4 Å². The standard InChI is InChI=1S/C15H20BNO2/c1-14(2)15(3,4)19-16(18-14)12-10-17(5)13-9-7-6-8-11(12)13/h6-10H,1-5H3. The Morgan fingerprint density at radius 2 is 1.58 bits per heavy atom. The summed E-state index contributed by atoms with van der Waals surface area (Å²) in [5.41, 5.74) is 1.72. The van der Waals surface area contributed by atoms with Crippen molar-refractivity contribution in [2.75, 3.05) is 0 Å². The molecule has 1 saturated heterocycles. The summed E-state index contributed by atoms with van der Waals surface area (Å²) in [6.07, 6.45) is 2.10. The van der Waals surface area contributed by atoms with Gasteiger partial charge in [0.05, 0.1) is 11.2 Å². The molecule has 3 rings (SSSR count). The molecule has 0 saturated carbocycles. The average Bonchev–Trinajstić information content (AvgIpc) is 2.76. The first-order chi connectivity index (χ1) is 8.82. The minimum Gasteiger partial charge on any atom is -0.399 e. The van der Waals surface area contributed by atoms with Crippen LogP contribution in [0.1, 0.15) is 27.7 Å². The Hall–Kier alpha value is -1.26. The van der Waals surface area contributed by atoms with Crippen LogP contribution in [0.3, 0.4) is 0 Å². The summed E-state index contributed by atoms with van der Waals surface area (Å²) in [7, 11) is 1.76. The van der Waals surface area contributed by atoms with Gasteiger partial charge >= 0.3 is 7.12 Å². The zero-order chi connectivity index (χ0) is 13.8. The number of para-hydroxylation sites is 1. The molecule has 19 heavy (non-hydrogen) atoms. The zero-order valence-corrected chi connectivity index (χ0v) is 12.2. The van der Waals surface area contributed by atoms with Gasteiger partial charge < -0.3 is 13.9 Å². The molecule has 1 aliphatic rings. The SMILES string of the molecule is Cn1cc(B2OC(C)(C)C(C)(C)O2)c2ccccc21. The Morgan fingerprint density at radius 1 is 1.00 bits per heavy atom. The van der Waals surface area contributed by atoms with E-state index in [2.05, 4.69) is 69.8 Å². The Kier molecular flexibility index (Phi) is 2.60. The molecular formula is C15H20BNO2. The van der Waals surface area contributed by atoms with Crippen LogP contribution in [0.4, 0.5) is 0 Å². The van der Waals surface area contributed by atoms with Crippen LogP contribution < -0.4 is 5.46 Å². The summed E-state index contributed by atoms with van der Waals surface area (Å²) in [6.45, 7) is 8.33. The maximum absolute atomic E-state index is 6.14. The lowest BCUT2D eigenvalue weighted by Gasteiger charge is -2.32. The number of hydrogen-bond donors (Lipinski definition) is 0. The van der Waals surface area contributed by atoms with Crippen LogP contribution in [0, 0.1) is 0 Å². The molecule has 4 heteroatoms. The van der Waals surface area contributed by atoms with Crippen molar-refractivity contribution in [3.05, 3.63) is 30.5 Å². The quantitative estimate of drug-likeness (QED) is 0.733. The average molecular weight is 257 g/mol. The molecule has 3 nitrogen and oxygen atoms in total. The zero-order valence-electron chi connectivity index (χ0n) is 12.2. The molecule has 0 atom stereocenters. The van der Waals surface area contributed by atoms with Crippen molar-refractivity contribution in [2.45, 2.75) is 38.9 Å². The van der Waals surface area contributed by atoms with Crippen LogP contribution >= 0.6 is 0 Å². The molecule has 1 aromatic carbocycles. The van der Waals surface area contributed by atoms with Gasteiger partial charge in [0.25, 0.3) is 0 Å². The van der Waals surface area contributed by atoms with Gasteiger partial charge in [-0.25, -0.2) is 0 Å². The minimum atomic E-state index is -0.297. The number of aryl methyl sites for hydroxylation is 1. The third kappa shape index (κ3) is 1.82. The second-order valence-electron chi connectivity index (χ2n) is 6.30. The molecule has 1 fully saturated rings. The molecule has 0 amide bonds. The maximum Gasteiger partial charge on any atom is 0.497 e. The smallest absolute Gasteiger partial charge is 0.399 e. The van der Waals surface area contributed by atoms with Crippen molar-refractivity contribution in [3.63, 3.8) is 0 Å². The summed E-state index contributed by atoms with van der Waals surface area (Å²) in [4.78, 5) is 0. The van der Waals surface area contributed by atoms with E-state index < -0.39 is 0 Å². The maximum atomic E-state index is 6.14. The van der Waals surface area contributed by atoms with Gasteiger partial charge in [0, 0.05) is 24.2 Å². The highest BCUT2D eigenvalue weighted by atomic mass is 16.7. The summed E-state index contributed by atoms with van der Waals surface area (Å²) in [5.74, 6) is 0. The van der Waals surface area contributed by atoms with Gasteiger partial charge in [-0.3, -0.25) is 0 Å². The van der Waals surface area contributed by atoms with Gasteiger partial charge in [0.1, 0.15) is 0 Å². The number of aromatic nitrogens is 1. The van der Waals surface area contributed by atoms with E-state index >= 15 is 0 Å². The summed E-state index contributed by atoms with van der Waals surface area (Å²) < 4.78 is 14.4. The van der Waals surface area contributed by atoms with E-state index in [0.717, 1.165) is 5.46 Å². The van der Waals surface area contributed by atoms with Crippen LogP contribution in [0.25, 0.3) is 10.9 Å². The Balaban J connectivity index is 2.08. The van der Waals surface area contributed by atoms with Crippen molar-refractivity contribution in [1.82, 2.24) is 4.57 Å². The van der Waals surface area contributed by atoms with Crippen LogP contribution in [-0.2, 0) is 16.4 Å². The predicted molar refractivity (Wildman–Crippen MR) is 78.6 cm³/mol. The number of nitrogens with zero attached hydrogens (tertiary/aromatic N) is 1. The van der Waals surface area contributed by atoms with E-state index in [0.29, 0.717) is 0 Å². The van der Waals surface area contributed by atoms with E-state index in [1.54, 1.807) is 0 Å². The lowest BCUT2D eigenvalue weighted by atomic mass is 9.79. The Bertz CT molecular complexity index is 614. The molecular weight excluding hydrogens is 237 g/mol. The van der Waals surface area contributed by atoms with Gasteiger partial charge in [-0.1, -0.05) is 18.2 Å². The van der Waals surface area contributed by atoms with Crippen molar-refractivity contribution >= 4 is 23.5 Å². The molecule has 0 N–H and O–H groups in total. The molecule has 1 aromatic heterocycles. The van der Waals surface area contributed by atoms with Gasteiger partial charge in [-0.2, -0.15) is 0 Å². The van der Waals surface area contributed by atoms with Crippen molar-refractivity contribution in [3.8, 4) is 0 Å². The van der Waals surface area contributed by atoms with Crippen molar-refractivity contribution < 1.29 is 9.31 Å². The molecule has 0 radical (unpaired) electrons. The first kappa shape index (κ1) is 12.8. The van der Waals surface area contributed by atoms with Crippen LogP contribution in [0.2, 0.25) is 0 Å². The highest BCUT2D eigenvalue weighted by molar-refractivity contribution is 6.65. The van der Waals surface area contributed by atoms with Gasteiger partial charge in [-0.05, 0) is 39.1 Å². The van der Waals surface area contributed by atoms with Crippen LogP contribution in [-0.4, -0.2) is 22.9 Å². The first-order valence-electron chi connectivity index (χ1n) is 6.71. The molecule has 1 aliphatic heterocycles. The molecule has 0 aliphatic carbocycles. The molecule has 0 unspecified atom stereocenters. The third-order valence-corrected chi connectivity index (χ3v) is 4.43. The third-order valence-electron chi connectivity index (χ3n) is 4.43. The normalized spacial score (nSPS) is 21.2. The molecule has 0 spiro atoms. The molecule has 2 heterocycles. The lowest BCUT2D eigenvalue weighted by molar-refractivity contribution is 0.00578. The largest absolute Gasteiger partial charge is 0.497 e. The van der Waals surface area contributed by atoms with E-state index in [4.69, 9.17) is 9.31 Å². The lowest BCUT2D eigenvalue weighted by Crippen LogP contribution is -2.41. The summed E-state index contributed by atoms with van der Waals surface area (Å²) >= 11 is 0. The second kappa shape index (κ2) is 3.87. The number of hydrogen-bond acceptors (Lipinski definition) is 2. The molecule has 2 aromatic rings. The second-order valence-corrected chi connectivity index (χ2v) is 6.30. The monoisotopic (exact) mass is 257 g/mol. The fraction of sp³-hybridized carbons (Fsp3) is 0.467. The fourth-order valence-corrected chi connectivity index (χ4v) is 2.53. The van der Waals surface area contributed by atoms with E-state index in [1.165, 1.54) is 10.9 Å². The van der Waals surface area contributed by atoms with Crippen molar-refractivity contribution in [1.29, 1.82) is 0 Å². The fourth-order valence-electron chi connectivity index (χ4n) is 2.53. The Morgan fingerprint density at radius 3 is 2.21 bits per heavy atom. The molecule has 100 valence electrons. The number of rotatable bonds is 1. The van der Waals surface area contributed by atoms with Crippen molar-refractivity contribution in [2.24, 2.45) is 7.05 Å². The molecule has 0 bridgehead atoms. The minimum absolute atomic E-state index is 0.295. The van der Waals surface area contributed by atoms with E-state index in [-0.39, 0.29) is 18.3 Å². The van der Waals surface area contributed by atoms with Gasteiger partial charge in [-0.15, -0.1) is 0 Å². The predicted octanol–water partition coefficient (Wildman–Crippen LogP) is 2.48. The highest BCUT2D eigenvalue weighted by Gasteiger charge is 2.52. The summed E-state index contributed by atoms with van der Waals surface area (Å²) in [5, 5.41) is 1.20. The summed E-state index contributed by atoms with van der Waals surface area (Å²) in [6, 6.07) is 8.34. The highest BCUT2D eigenvalue weighted by Crippen LogP contribution is 2.37. The van der Waals surface area contributed by atoms with Gasteiger partial charge in [0.2, 0.25) is 0 Å². The van der Waals surface area contributed by atoms with E-state index in [1.807, 2.05) is 0 Å². The van der Waals surface area contributed by atoms with Crippen LogP contribution in [0.15, 0.2) is 30.5 Å². The Labute approximate surface area is 114 Å². The van der Waals surface area contributed by atoms with Crippen LogP contribution in [0.5, 0.6) is 0 Å². The number of benzene rings is 1. The number of fused-ring (bicyclic) bond motifs is 1. The van der Waals surface area contributed by atoms with Gasteiger partial charge in [0.15, 0.2) is 0 Å². The van der Waals surface area contributed by atoms with E-state index in [9.17, 15) is 0 Å².